The summed E-state index contributed by atoms with van der Waals surface area (Å²) in [6.07, 6.45) is 3.74. The van der Waals surface area contributed by atoms with Crippen molar-refractivity contribution in [3.05, 3.63) is 77.0 Å². The van der Waals surface area contributed by atoms with Gasteiger partial charge in [-0.25, -0.2) is 4.74 Å². The minimum absolute atomic E-state index is 0.626. The first-order chi connectivity index (χ1) is 9.70. The van der Waals surface area contributed by atoms with Gasteiger partial charge < -0.3 is 9.94 Å². The molecule has 0 amide bonds. The Balaban J connectivity index is 2.25. The standard InChI is InChI=1S/C17H17NO2/c1-18(19)17(15-6-4-3-5-7-15)13-10-14-8-11-16(20-2)12-9-14/h3-13H,1-2H3/b13-10+,18-17-. The molecule has 3 nitrogen and oxygen atoms in total. The fourth-order valence-corrected chi connectivity index (χ4v) is 1.88. The molecular weight excluding hydrogens is 250 g/mol. The summed E-state index contributed by atoms with van der Waals surface area (Å²) in [5.41, 5.74) is 2.54. The molecule has 0 saturated heterocycles. The van der Waals surface area contributed by atoms with Crippen LogP contribution in [0.1, 0.15) is 11.1 Å². The second-order valence-corrected chi connectivity index (χ2v) is 4.36. The molecule has 0 radical (unpaired) electrons. The average Bonchev–Trinajstić information content (AvgIpc) is 2.49. The number of hydroxylamine groups is 1. The van der Waals surface area contributed by atoms with Crippen molar-refractivity contribution in [3.63, 3.8) is 0 Å². The van der Waals surface area contributed by atoms with E-state index in [1.807, 2.05) is 66.7 Å². The van der Waals surface area contributed by atoms with Crippen LogP contribution >= 0.6 is 0 Å². The van der Waals surface area contributed by atoms with E-state index in [0.29, 0.717) is 5.71 Å². The zero-order valence-electron chi connectivity index (χ0n) is 11.6. The maximum absolute atomic E-state index is 11.7. The number of methoxy groups -OCH3 is 1. The Hall–Kier alpha value is -2.55. The number of ether oxygens (including phenoxy) is 1. The quantitative estimate of drug-likeness (QED) is 0.368. The number of hydrogen-bond acceptors (Lipinski definition) is 2. The van der Waals surface area contributed by atoms with Crippen LogP contribution in [0.2, 0.25) is 0 Å². The van der Waals surface area contributed by atoms with E-state index in [2.05, 4.69) is 0 Å². The van der Waals surface area contributed by atoms with Gasteiger partial charge in [-0.2, -0.15) is 0 Å². The van der Waals surface area contributed by atoms with E-state index in [0.717, 1.165) is 21.6 Å². The van der Waals surface area contributed by atoms with Gasteiger partial charge in [0.25, 0.3) is 0 Å². The zero-order valence-corrected chi connectivity index (χ0v) is 11.6. The lowest BCUT2D eigenvalue weighted by atomic mass is 10.1. The first kappa shape index (κ1) is 13.9. The monoisotopic (exact) mass is 267 g/mol. The number of rotatable bonds is 4. The number of nitrogens with zero attached hydrogens (tertiary/aromatic N) is 1. The summed E-state index contributed by atoms with van der Waals surface area (Å²) in [5.74, 6) is 0.815. The predicted molar refractivity (Wildman–Crippen MR) is 82.1 cm³/mol. The van der Waals surface area contributed by atoms with Gasteiger partial charge in [0.2, 0.25) is 5.71 Å². The number of allylic oxidation sites excluding steroid dienone is 1. The minimum Gasteiger partial charge on any atom is -0.624 e. The van der Waals surface area contributed by atoms with Crippen LogP contribution in [0.25, 0.3) is 6.08 Å². The molecule has 0 unspecified atom stereocenters. The number of hydrogen-bond donors (Lipinski definition) is 0. The second kappa shape index (κ2) is 6.57. The molecule has 20 heavy (non-hydrogen) atoms. The molecular formula is C17H17NO2. The molecule has 0 heterocycles. The van der Waals surface area contributed by atoms with Crippen molar-refractivity contribution in [2.24, 2.45) is 0 Å². The van der Waals surface area contributed by atoms with Gasteiger partial charge in [-0.05, 0) is 35.9 Å². The maximum Gasteiger partial charge on any atom is 0.218 e. The molecule has 2 rings (SSSR count). The summed E-state index contributed by atoms with van der Waals surface area (Å²) in [6, 6.07) is 17.3. The van der Waals surface area contributed by atoms with E-state index in [4.69, 9.17) is 4.74 Å². The van der Waals surface area contributed by atoms with Crippen LogP contribution in [0.3, 0.4) is 0 Å². The van der Waals surface area contributed by atoms with Crippen molar-refractivity contribution in [1.82, 2.24) is 0 Å². The van der Waals surface area contributed by atoms with Gasteiger partial charge >= 0.3 is 0 Å². The van der Waals surface area contributed by atoms with Crippen LogP contribution in [0.5, 0.6) is 5.75 Å². The molecule has 2 aromatic carbocycles. The van der Waals surface area contributed by atoms with Gasteiger partial charge in [0.15, 0.2) is 0 Å². The Morgan fingerprint density at radius 1 is 1.05 bits per heavy atom. The van der Waals surface area contributed by atoms with Gasteiger partial charge in [-0.3, -0.25) is 0 Å². The fraction of sp³-hybridized carbons (Fsp3) is 0.118. The lowest BCUT2D eigenvalue weighted by Crippen LogP contribution is -2.10. The average molecular weight is 267 g/mol. The highest BCUT2D eigenvalue weighted by Gasteiger charge is 2.05. The molecule has 2 aromatic rings. The minimum atomic E-state index is 0.626. The van der Waals surface area contributed by atoms with Crippen molar-refractivity contribution < 1.29 is 9.48 Å². The fourth-order valence-electron chi connectivity index (χ4n) is 1.88. The van der Waals surface area contributed by atoms with Crippen LogP contribution in [0, 0.1) is 5.21 Å². The van der Waals surface area contributed by atoms with Crippen LogP contribution in [-0.4, -0.2) is 24.6 Å². The zero-order chi connectivity index (χ0) is 14.4. The summed E-state index contributed by atoms with van der Waals surface area (Å²) in [4.78, 5) is 0. The van der Waals surface area contributed by atoms with E-state index < -0.39 is 0 Å². The maximum atomic E-state index is 11.7. The molecule has 0 bridgehead atoms. The van der Waals surface area contributed by atoms with Crippen LogP contribution in [0.15, 0.2) is 60.7 Å². The van der Waals surface area contributed by atoms with Gasteiger partial charge in [0.05, 0.1) is 7.11 Å². The molecule has 0 saturated carbocycles. The van der Waals surface area contributed by atoms with E-state index in [-0.39, 0.29) is 0 Å². The van der Waals surface area contributed by atoms with E-state index >= 15 is 0 Å². The lowest BCUT2D eigenvalue weighted by molar-refractivity contribution is -0.421. The molecule has 0 aliphatic carbocycles. The van der Waals surface area contributed by atoms with Crippen LogP contribution in [-0.2, 0) is 0 Å². The molecule has 0 aliphatic rings. The molecule has 0 atom stereocenters. The molecule has 3 heteroatoms. The Labute approximate surface area is 119 Å². The van der Waals surface area contributed by atoms with Crippen molar-refractivity contribution in [2.45, 2.75) is 0 Å². The SMILES string of the molecule is COc1ccc(/C=C/C(c2ccccc2)=[N+](\C)[O-])cc1. The van der Waals surface area contributed by atoms with E-state index in [1.165, 1.54) is 7.05 Å². The highest BCUT2D eigenvalue weighted by atomic mass is 16.5. The van der Waals surface area contributed by atoms with Crippen molar-refractivity contribution in [3.8, 4) is 5.75 Å². The lowest BCUT2D eigenvalue weighted by Gasteiger charge is -2.04. The van der Waals surface area contributed by atoms with Crippen molar-refractivity contribution >= 4 is 11.8 Å². The Kier molecular flexibility index (Phi) is 4.56. The molecule has 0 fully saturated rings. The van der Waals surface area contributed by atoms with Crippen LogP contribution in [0.4, 0.5) is 0 Å². The number of benzene rings is 2. The third-order valence-corrected chi connectivity index (χ3v) is 2.96. The Morgan fingerprint density at radius 3 is 2.25 bits per heavy atom. The third-order valence-electron chi connectivity index (χ3n) is 2.96. The van der Waals surface area contributed by atoms with Gasteiger partial charge in [0, 0.05) is 11.6 Å². The molecule has 102 valence electrons. The third kappa shape index (κ3) is 3.48. The molecule has 0 aliphatic heterocycles. The second-order valence-electron chi connectivity index (χ2n) is 4.36. The topological polar surface area (TPSA) is 35.3 Å². The summed E-state index contributed by atoms with van der Waals surface area (Å²) >= 11 is 0. The smallest absolute Gasteiger partial charge is 0.218 e. The highest BCUT2D eigenvalue weighted by molar-refractivity contribution is 6.07. The van der Waals surface area contributed by atoms with Crippen LogP contribution < -0.4 is 4.74 Å². The normalized spacial score (nSPS) is 12.3. The Bertz CT molecular complexity index is 609. The highest BCUT2D eigenvalue weighted by Crippen LogP contribution is 2.13. The Morgan fingerprint density at radius 2 is 1.70 bits per heavy atom. The first-order valence-electron chi connectivity index (χ1n) is 6.36. The summed E-state index contributed by atoms with van der Waals surface area (Å²) in [7, 11) is 3.14. The van der Waals surface area contributed by atoms with Crippen molar-refractivity contribution in [2.75, 3.05) is 14.2 Å². The van der Waals surface area contributed by atoms with Crippen molar-refractivity contribution in [1.29, 1.82) is 0 Å². The summed E-state index contributed by atoms with van der Waals surface area (Å²) < 4.78 is 5.99. The molecule has 0 aromatic heterocycles. The summed E-state index contributed by atoms with van der Waals surface area (Å²) in [6.45, 7) is 0. The predicted octanol–water partition coefficient (Wildman–Crippen LogP) is 3.34. The van der Waals surface area contributed by atoms with E-state index in [9.17, 15) is 5.21 Å². The van der Waals surface area contributed by atoms with Gasteiger partial charge in [-0.15, -0.1) is 0 Å². The van der Waals surface area contributed by atoms with Gasteiger partial charge in [-0.1, -0.05) is 30.3 Å². The van der Waals surface area contributed by atoms with E-state index in [1.54, 1.807) is 7.11 Å². The largest absolute Gasteiger partial charge is 0.624 e. The summed E-state index contributed by atoms with van der Waals surface area (Å²) in [5, 5.41) is 11.7. The first-order valence-corrected chi connectivity index (χ1v) is 6.36. The van der Waals surface area contributed by atoms with Gasteiger partial charge in [0.1, 0.15) is 12.8 Å². The molecule has 0 N–H and O–H groups in total. The molecule has 0 spiro atoms.